The quantitative estimate of drug-likeness (QED) is 0.374. The molecule has 0 atom stereocenters. The van der Waals surface area contributed by atoms with E-state index in [2.05, 4.69) is 20.8 Å². The van der Waals surface area contributed by atoms with Crippen LogP contribution >= 0.6 is 11.8 Å². The van der Waals surface area contributed by atoms with Gasteiger partial charge in [0.05, 0.1) is 12.2 Å². The van der Waals surface area contributed by atoms with Crippen molar-refractivity contribution in [3.8, 4) is 0 Å². The van der Waals surface area contributed by atoms with Crippen molar-refractivity contribution in [1.82, 2.24) is 14.8 Å². The Kier molecular flexibility index (Phi) is 7.04. The van der Waals surface area contributed by atoms with Gasteiger partial charge in [0.2, 0.25) is 11.8 Å². The first kappa shape index (κ1) is 22.5. The van der Waals surface area contributed by atoms with E-state index in [1.807, 2.05) is 85.1 Å². The zero-order valence-electron chi connectivity index (χ0n) is 18.5. The summed E-state index contributed by atoms with van der Waals surface area (Å²) in [6, 6.07) is 21.5. The number of carbonyl (C=O) groups excluding carboxylic acids is 2. The number of thioether (sulfide) groups is 1. The number of aromatic nitrogens is 3. The van der Waals surface area contributed by atoms with Crippen molar-refractivity contribution in [3.63, 3.8) is 0 Å². The molecule has 0 aliphatic heterocycles. The number of benzene rings is 3. The van der Waals surface area contributed by atoms with Gasteiger partial charge < -0.3 is 15.2 Å². The van der Waals surface area contributed by atoms with Crippen LogP contribution in [0.1, 0.15) is 18.3 Å². The zero-order chi connectivity index (χ0) is 23.2. The lowest BCUT2D eigenvalue weighted by molar-refractivity contribution is -0.116. The summed E-state index contributed by atoms with van der Waals surface area (Å²) in [4.78, 5) is 25.0. The minimum atomic E-state index is -0.156. The molecule has 168 valence electrons. The number of amides is 2. The summed E-state index contributed by atoms with van der Waals surface area (Å²) < 4.78 is 1.87. The first-order valence-corrected chi connectivity index (χ1v) is 11.7. The number of carbonyl (C=O) groups is 2. The van der Waals surface area contributed by atoms with Crippen molar-refractivity contribution < 1.29 is 9.59 Å². The molecule has 0 saturated carbocycles. The number of fused-ring (bicyclic) bond motifs is 1. The molecule has 0 spiro atoms. The molecule has 0 saturated heterocycles. The fourth-order valence-electron chi connectivity index (χ4n) is 3.52. The van der Waals surface area contributed by atoms with E-state index in [-0.39, 0.29) is 24.0 Å². The van der Waals surface area contributed by atoms with Gasteiger partial charge in [0, 0.05) is 17.9 Å². The third-order valence-corrected chi connectivity index (χ3v) is 6.18. The van der Waals surface area contributed by atoms with Gasteiger partial charge in [-0.1, -0.05) is 60.3 Å². The fraction of sp³-hybridized carbons (Fsp3) is 0.200. The average molecular weight is 460 g/mol. The second-order valence-electron chi connectivity index (χ2n) is 7.58. The summed E-state index contributed by atoms with van der Waals surface area (Å²) in [5.41, 5.74) is 2.53. The second kappa shape index (κ2) is 10.3. The number of hydrogen-bond donors (Lipinski definition) is 2. The molecule has 8 heteroatoms. The van der Waals surface area contributed by atoms with Crippen LogP contribution in [0.3, 0.4) is 0 Å². The Morgan fingerprint density at radius 2 is 1.67 bits per heavy atom. The summed E-state index contributed by atoms with van der Waals surface area (Å²) in [6.07, 6.45) is 0.110. The Morgan fingerprint density at radius 3 is 2.45 bits per heavy atom. The van der Waals surface area contributed by atoms with Crippen molar-refractivity contribution in [3.05, 3.63) is 78.1 Å². The Balaban J connectivity index is 1.35. The molecule has 2 amide bonds. The molecule has 4 rings (SSSR count). The number of para-hydroxylation sites is 1. The molecule has 1 heterocycles. The molecule has 0 radical (unpaired) electrons. The Morgan fingerprint density at radius 1 is 0.909 bits per heavy atom. The van der Waals surface area contributed by atoms with Crippen LogP contribution in [0.15, 0.2) is 71.9 Å². The van der Waals surface area contributed by atoms with Gasteiger partial charge in [-0.25, -0.2) is 0 Å². The molecule has 0 aliphatic rings. The fourth-order valence-corrected chi connectivity index (χ4v) is 4.34. The van der Waals surface area contributed by atoms with Crippen molar-refractivity contribution in [2.24, 2.45) is 0 Å². The van der Waals surface area contributed by atoms with E-state index in [4.69, 9.17) is 0 Å². The Hall–Kier alpha value is -3.65. The molecule has 7 nitrogen and oxygen atoms in total. The van der Waals surface area contributed by atoms with Crippen molar-refractivity contribution in [2.45, 2.75) is 32.0 Å². The predicted molar refractivity (Wildman–Crippen MR) is 133 cm³/mol. The Labute approximate surface area is 196 Å². The molecule has 2 N–H and O–H groups in total. The summed E-state index contributed by atoms with van der Waals surface area (Å²) >= 11 is 1.30. The number of anilines is 2. The van der Waals surface area contributed by atoms with E-state index in [1.54, 1.807) is 0 Å². The molecule has 1 aromatic heterocycles. The van der Waals surface area contributed by atoms with Crippen molar-refractivity contribution in [2.75, 3.05) is 16.4 Å². The van der Waals surface area contributed by atoms with Crippen LogP contribution < -0.4 is 10.6 Å². The van der Waals surface area contributed by atoms with Crippen LogP contribution in [0.4, 0.5) is 11.4 Å². The smallest absolute Gasteiger partial charge is 0.234 e. The maximum absolute atomic E-state index is 12.5. The molecule has 0 fully saturated rings. The first-order valence-electron chi connectivity index (χ1n) is 10.7. The maximum atomic E-state index is 12.5. The number of nitrogens with zero attached hydrogens (tertiary/aromatic N) is 3. The summed E-state index contributed by atoms with van der Waals surface area (Å²) in [5, 5.41) is 17.0. The SMILES string of the molecule is CCn1c(CC(=O)Nc2ccccc2C)nnc1SCC(=O)Nc1ccc2ccccc2c1. The number of aryl methyl sites for hydroxylation is 1. The minimum absolute atomic E-state index is 0.110. The standard InChI is InChI=1S/C25H25N5O2S/c1-3-30-22(15-23(31)27-21-11-7-4-8-17(21)2)28-29-25(30)33-16-24(32)26-20-13-12-18-9-5-6-10-19(18)14-20/h4-14H,3,15-16H2,1-2H3,(H,26,32)(H,27,31). The predicted octanol–water partition coefficient (Wildman–Crippen LogP) is 4.67. The number of nitrogens with one attached hydrogen (secondary N) is 2. The third-order valence-electron chi connectivity index (χ3n) is 5.21. The van der Waals surface area contributed by atoms with Gasteiger partial charge in [-0.05, 0) is 48.4 Å². The number of rotatable bonds is 8. The molecular formula is C25H25N5O2S. The largest absolute Gasteiger partial charge is 0.325 e. The number of hydrogen-bond acceptors (Lipinski definition) is 5. The molecule has 33 heavy (non-hydrogen) atoms. The third kappa shape index (κ3) is 5.59. The van der Waals surface area contributed by atoms with E-state index >= 15 is 0 Å². The highest BCUT2D eigenvalue weighted by Crippen LogP contribution is 2.21. The molecular weight excluding hydrogens is 434 g/mol. The van der Waals surface area contributed by atoms with Gasteiger partial charge in [0.15, 0.2) is 5.16 Å². The molecule has 0 bridgehead atoms. The monoisotopic (exact) mass is 459 g/mol. The lowest BCUT2D eigenvalue weighted by Gasteiger charge is -2.10. The van der Waals surface area contributed by atoms with Crippen LogP contribution in [-0.2, 0) is 22.6 Å². The normalized spacial score (nSPS) is 10.8. The Bertz CT molecular complexity index is 1300. The van der Waals surface area contributed by atoms with Crippen LogP contribution in [0.2, 0.25) is 0 Å². The van der Waals surface area contributed by atoms with Crippen molar-refractivity contribution in [1.29, 1.82) is 0 Å². The molecule has 0 aliphatic carbocycles. The minimum Gasteiger partial charge on any atom is -0.325 e. The van der Waals surface area contributed by atoms with Crippen LogP contribution in [0, 0.1) is 6.92 Å². The van der Waals surface area contributed by atoms with Crippen LogP contribution in [-0.4, -0.2) is 32.3 Å². The highest BCUT2D eigenvalue weighted by atomic mass is 32.2. The van der Waals surface area contributed by atoms with E-state index in [1.165, 1.54) is 11.8 Å². The summed E-state index contributed by atoms with van der Waals surface area (Å²) in [6.45, 7) is 4.52. The topological polar surface area (TPSA) is 88.9 Å². The summed E-state index contributed by atoms with van der Waals surface area (Å²) in [5.74, 6) is 0.484. The first-order chi connectivity index (χ1) is 16.0. The van der Waals surface area contributed by atoms with E-state index in [9.17, 15) is 9.59 Å². The van der Waals surface area contributed by atoms with Gasteiger partial charge in [-0.2, -0.15) is 0 Å². The average Bonchev–Trinajstić information content (AvgIpc) is 3.20. The van der Waals surface area contributed by atoms with Gasteiger partial charge >= 0.3 is 0 Å². The zero-order valence-corrected chi connectivity index (χ0v) is 19.4. The van der Waals surface area contributed by atoms with Crippen LogP contribution in [0.5, 0.6) is 0 Å². The van der Waals surface area contributed by atoms with Gasteiger partial charge in [0.1, 0.15) is 5.82 Å². The summed E-state index contributed by atoms with van der Waals surface area (Å²) in [7, 11) is 0. The highest BCUT2D eigenvalue weighted by Gasteiger charge is 2.16. The van der Waals surface area contributed by atoms with E-state index in [0.29, 0.717) is 17.5 Å². The lowest BCUT2D eigenvalue weighted by Crippen LogP contribution is -2.18. The van der Waals surface area contributed by atoms with Crippen molar-refractivity contribution >= 4 is 45.7 Å². The maximum Gasteiger partial charge on any atom is 0.234 e. The second-order valence-corrected chi connectivity index (χ2v) is 8.52. The van der Waals surface area contributed by atoms with Gasteiger partial charge in [0.25, 0.3) is 0 Å². The molecule has 0 unspecified atom stereocenters. The highest BCUT2D eigenvalue weighted by molar-refractivity contribution is 7.99. The van der Waals surface area contributed by atoms with E-state index in [0.717, 1.165) is 27.7 Å². The lowest BCUT2D eigenvalue weighted by atomic mass is 10.1. The van der Waals surface area contributed by atoms with E-state index < -0.39 is 0 Å². The van der Waals surface area contributed by atoms with Crippen LogP contribution in [0.25, 0.3) is 10.8 Å². The molecule has 4 aromatic rings. The van der Waals surface area contributed by atoms with Gasteiger partial charge in [-0.15, -0.1) is 10.2 Å². The van der Waals surface area contributed by atoms with Gasteiger partial charge in [-0.3, -0.25) is 9.59 Å². The molecule has 3 aromatic carbocycles.